The van der Waals surface area contributed by atoms with E-state index in [9.17, 15) is 14.4 Å². The van der Waals surface area contributed by atoms with Crippen molar-refractivity contribution in [1.82, 2.24) is 10.8 Å². The number of carbonyl (C=O) groups excluding carboxylic acids is 3. The summed E-state index contributed by atoms with van der Waals surface area (Å²) >= 11 is 0. The average molecular weight is 330 g/mol. The maximum absolute atomic E-state index is 11.6. The third-order valence-corrected chi connectivity index (χ3v) is 3.00. The van der Waals surface area contributed by atoms with Crippen molar-refractivity contribution >= 4 is 17.6 Å². The highest BCUT2D eigenvalue weighted by molar-refractivity contribution is 5.78. The fourth-order valence-corrected chi connectivity index (χ4v) is 1.78. The molecule has 0 aliphatic rings. The van der Waals surface area contributed by atoms with Crippen molar-refractivity contribution in [3.8, 4) is 0 Å². The van der Waals surface area contributed by atoms with Crippen LogP contribution in [0, 0.1) is 5.41 Å². The first-order valence-corrected chi connectivity index (χ1v) is 7.78. The van der Waals surface area contributed by atoms with Crippen molar-refractivity contribution < 1.29 is 24.0 Å². The van der Waals surface area contributed by atoms with E-state index in [2.05, 4.69) is 10.8 Å². The summed E-state index contributed by atoms with van der Waals surface area (Å²) in [5.41, 5.74) is 1.34. The number of carbonyl (C=O) groups is 3. The Balaban J connectivity index is 4.09. The van der Waals surface area contributed by atoms with E-state index in [4.69, 9.17) is 9.57 Å². The highest BCUT2D eigenvalue weighted by Gasteiger charge is 2.26. The molecule has 0 saturated carbocycles. The first kappa shape index (κ1) is 21.5. The molecule has 7 heteroatoms. The third-order valence-electron chi connectivity index (χ3n) is 3.00. The number of nitrogens with one attached hydrogen (secondary N) is 2. The van der Waals surface area contributed by atoms with E-state index in [1.807, 2.05) is 27.7 Å². The van der Waals surface area contributed by atoms with E-state index >= 15 is 0 Å². The number of hydrogen-bond acceptors (Lipinski definition) is 5. The van der Waals surface area contributed by atoms with Gasteiger partial charge in [-0.15, -0.1) is 0 Å². The van der Waals surface area contributed by atoms with Crippen LogP contribution in [0.5, 0.6) is 0 Å². The topological polar surface area (TPSA) is 93.7 Å². The molecule has 0 aliphatic heterocycles. The Morgan fingerprint density at radius 2 is 1.65 bits per heavy atom. The Labute approximate surface area is 138 Å². The second-order valence-electron chi connectivity index (χ2n) is 7.04. The van der Waals surface area contributed by atoms with Gasteiger partial charge in [0.05, 0.1) is 12.2 Å². The lowest BCUT2D eigenvalue weighted by Crippen LogP contribution is -2.44. The molecular weight excluding hydrogens is 300 g/mol. The van der Waals surface area contributed by atoms with Crippen LogP contribution in [-0.2, 0) is 24.0 Å². The van der Waals surface area contributed by atoms with Crippen molar-refractivity contribution in [3.05, 3.63) is 0 Å². The molecule has 134 valence electrons. The molecule has 0 rings (SSSR count). The zero-order valence-corrected chi connectivity index (χ0v) is 15.1. The molecule has 0 fully saturated rings. The number of rotatable bonds is 11. The molecule has 0 atom stereocenters. The van der Waals surface area contributed by atoms with Crippen LogP contribution in [0.15, 0.2) is 0 Å². The monoisotopic (exact) mass is 330 g/mol. The lowest BCUT2D eigenvalue weighted by molar-refractivity contribution is -0.139. The Hall–Kier alpha value is -1.47. The van der Waals surface area contributed by atoms with Crippen LogP contribution in [0.2, 0.25) is 0 Å². The van der Waals surface area contributed by atoms with Crippen molar-refractivity contribution in [2.45, 2.75) is 60.0 Å². The molecule has 2 N–H and O–H groups in total. The van der Waals surface area contributed by atoms with Gasteiger partial charge < -0.3 is 14.8 Å². The van der Waals surface area contributed by atoms with Gasteiger partial charge in [0.2, 0.25) is 11.8 Å². The minimum Gasteiger partial charge on any atom is -0.373 e. The summed E-state index contributed by atoms with van der Waals surface area (Å²) in [5.74, 6) is -0.508. The minimum atomic E-state index is -0.573. The summed E-state index contributed by atoms with van der Waals surface area (Å²) in [7, 11) is 0. The second kappa shape index (κ2) is 9.62. The first-order valence-electron chi connectivity index (χ1n) is 7.78. The zero-order chi connectivity index (χ0) is 18.1. The molecule has 7 nitrogen and oxygen atoms in total. The standard InChI is InChI=1S/C16H30N2O5/c1-7-13(20)18-23-9-14(21)17-10-16(5,6)22-11-15(3,4)8-12(2)19/h7-11H2,1-6H3,(H,17,21)(H,18,20). The fourth-order valence-electron chi connectivity index (χ4n) is 1.78. The van der Waals surface area contributed by atoms with Gasteiger partial charge in [-0.3, -0.25) is 14.4 Å². The zero-order valence-electron chi connectivity index (χ0n) is 15.1. The quantitative estimate of drug-likeness (QED) is 0.558. The Morgan fingerprint density at radius 1 is 1.04 bits per heavy atom. The van der Waals surface area contributed by atoms with Crippen molar-refractivity contribution in [3.63, 3.8) is 0 Å². The van der Waals surface area contributed by atoms with Crippen LogP contribution in [0.25, 0.3) is 0 Å². The summed E-state index contributed by atoms with van der Waals surface area (Å²) in [6, 6.07) is 0. The minimum absolute atomic E-state index is 0.121. The number of ether oxygens (including phenoxy) is 1. The third kappa shape index (κ3) is 11.7. The summed E-state index contributed by atoms with van der Waals surface area (Å²) in [6.07, 6.45) is 0.735. The van der Waals surface area contributed by atoms with E-state index in [0.717, 1.165) is 0 Å². The number of amides is 2. The van der Waals surface area contributed by atoms with E-state index in [-0.39, 0.29) is 29.6 Å². The number of hydrogen-bond donors (Lipinski definition) is 2. The molecule has 0 unspecified atom stereocenters. The molecule has 0 heterocycles. The SMILES string of the molecule is CCC(=O)NOCC(=O)NCC(C)(C)OCC(C)(C)CC(C)=O. The maximum atomic E-state index is 11.6. The Kier molecular flexibility index (Phi) is 9.01. The lowest BCUT2D eigenvalue weighted by atomic mass is 9.88. The smallest absolute Gasteiger partial charge is 0.248 e. The average Bonchev–Trinajstić information content (AvgIpc) is 2.42. The van der Waals surface area contributed by atoms with Gasteiger partial charge in [-0.05, 0) is 26.2 Å². The number of ketones is 1. The van der Waals surface area contributed by atoms with E-state index < -0.39 is 5.60 Å². The van der Waals surface area contributed by atoms with Crippen LogP contribution in [0.1, 0.15) is 54.4 Å². The Morgan fingerprint density at radius 3 is 2.17 bits per heavy atom. The molecular formula is C16H30N2O5. The van der Waals surface area contributed by atoms with Crippen LogP contribution in [-0.4, -0.2) is 43.0 Å². The second-order valence-corrected chi connectivity index (χ2v) is 7.04. The van der Waals surface area contributed by atoms with E-state index in [1.165, 1.54) is 0 Å². The lowest BCUT2D eigenvalue weighted by Gasteiger charge is -2.31. The summed E-state index contributed by atoms with van der Waals surface area (Å²) < 4.78 is 5.83. The predicted molar refractivity (Wildman–Crippen MR) is 86.5 cm³/mol. The van der Waals surface area contributed by atoms with Gasteiger partial charge in [-0.25, -0.2) is 5.48 Å². The highest BCUT2D eigenvalue weighted by Crippen LogP contribution is 2.23. The summed E-state index contributed by atoms with van der Waals surface area (Å²) in [4.78, 5) is 38.6. The Bertz CT molecular complexity index is 419. The van der Waals surface area contributed by atoms with E-state index in [1.54, 1.807) is 13.8 Å². The fraction of sp³-hybridized carbons (Fsp3) is 0.812. The first-order chi connectivity index (χ1) is 10.5. The molecule has 0 aliphatic carbocycles. The molecule has 0 saturated heterocycles. The molecule has 0 aromatic rings. The largest absolute Gasteiger partial charge is 0.373 e. The molecule has 23 heavy (non-hydrogen) atoms. The highest BCUT2D eigenvalue weighted by atomic mass is 16.7. The van der Waals surface area contributed by atoms with Gasteiger partial charge in [-0.1, -0.05) is 20.8 Å². The van der Waals surface area contributed by atoms with Crippen molar-refractivity contribution in [2.75, 3.05) is 19.8 Å². The van der Waals surface area contributed by atoms with Crippen LogP contribution < -0.4 is 10.8 Å². The van der Waals surface area contributed by atoms with Gasteiger partial charge in [0.15, 0.2) is 6.61 Å². The van der Waals surface area contributed by atoms with Crippen LogP contribution in [0.4, 0.5) is 0 Å². The molecule has 2 amide bonds. The van der Waals surface area contributed by atoms with Gasteiger partial charge >= 0.3 is 0 Å². The van der Waals surface area contributed by atoms with Gasteiger partial charge in [0, 0.05) is 19.4 Å². The maximum Gasteiger partial charge on any atom is 0.248 e. The van der Waals surface area contributed by atoms with Crippen LogP contribution in [0.3, 0.4) is 0 Å². The summed E-state index contributed by atoms with van der Waals surface area (Å²) in [6.45, 7) is 11.4. The van der Waals surface area contributed by atoms with Crippen LogP contribution >= 0.6 is 0 Å². The molecule has 0 bridgehead atoms. The van der Waals surface area contributed by atoms with Gasteiger partial charge in [0.1, 0.15) is 5.78 Å². The molecule has 0 aromatic heterocycles. The van der Waals surface area contributed by atoms with Gasteiger partial charge in [0.25, 0.3) is 0 Å². The normalized spacial score (nSPS) is 11.9. The molecule has 0 radical (unpaired) electrons. The van der Waals surface area contributed by atoms with Crippen molar-refractivity contribution in [2.24, 2.45) is 5.41 Å². The predicted octanol–water partition coefficient (Wildman–Crippen LogP) is 1.36. The molecule has 0 aromatic carbocycles. The summed E-state index contributed by atoms with van der Waals surface area (Å²) in [5, 5.41) is 2.68. The van der Waals surface area contributed by atoms with Gasteiger partial charge in [-0.2, -0.15) is 0 Å². The van der Waals surface area contributed by atoms with E-state index in [0.29, 0.717) is 26.0 Å². The number of hydroxylamine groups is 1. The molecule has 0 spiro atoms. The number of Topliss-reactive ketones (excluding diaryl/α,β-unsaturated/α-hetero) is 1. The van der Waals surface area contributed by atoms with Crippen molar-refractivity contribution in [1.29, 1.82) is 0 Å².